The van der Waals surface area contributed by atoms with Crippen LogP contribution < -0.4 is 4.74 Å². The van der Waals surface area contributed by atoms with E-state index >= 15 is 0 Å². The number of hydrogen-bond donors (Lipinski definition) is 0. The molecule has 0 bridgehead atoms. The Morgan fingerprint density at radius 2 is 1.53 bits per heavy atom. The number of ether oxygens (including phenoxy) is 1. The van der Waals surface area contributed by atoms with Crippen molar-refractivity contribution in [1.29, 1.82) is 0 Å². The SMILES string of the molecule is CCCC1CCC(COc2ccc(-c3cc(F)c(C#CC(F)(F)F)c(F)c3)c(F)c2)CC1. The van der Waals surface area contributed by atoms with Gasteiger partial charge in [0, 0.05) is 17.6 Å². The second-order valence-electron chi connectivity index (χ2n) is 8.19. The van der Waals surface area contributed by atoms with E-state index in [0.717, 1.165) is 42.9 Å². The second-order valence-corrected chi connectivity index (χ2v) is 8.19. The maximum Gasteiger partial charge on any atom is 0.458 e. The van der Waals surface area contributed by atoms with Crippen LogP contribution in [0.15, 0.2) is 30.3 Å². The predicted octanol–water partition coefficient (Wildman–Crippen LogP) is 7.67. The van der Waals surface area contributed by atoms with Gasteiger partial charge in [0.2, 0.25) is 0 Å². The van der Waals surface area contributed by atoms with Crippen LogP contribution in [0.5, 0.6) is 5.75 Å². The third-order valence-corrected chi connectivity index (χ3v) is 5.77. The highest BCUT2D eigenvalue weighted by Gasteiger charge is 2.24. The molecule has 0 aromatic heterocycles. The van der Waals surface area contributed by atoms with Crippen molar-refractivity contribution in [2.24, 2.45) is 11.8 Å². The number of halogens is 6. The second kappa shape index (κ2) is 10.3. The van der Waals surface area contributed by atoms with Gasteiger partial charge >= 0.3 is 6.18 Å². The lowest BCUT2D eigenvalue weighted by Gasteiger charge is -2.28. The van der Waals surface area contributed by atoms with E-state index in [1.807, 2.05) is 0 Å². The van der Waals surface area contributed by atoms with Crippen molar-refractivity contribution < 1.29 is 31.1 Å². The molecule has 0 spiro atoms. The average molecular weight is 454 g/mol. The summed E-state index contributed by atoms with van der Waals surface area (Å²) < 4.78 is 85.2. The fourth-order valence-corrected chi connectivity index (χ4v) is 4.11. The van der Waals surface area contributed by atoms with Crippen LogP contribution in [-0.2, 0) is 0 Å². The summed E-state index contributed by atoms with van der Waals surface area (Å²) >= 11 is 0. The number of rotatable bonds is 6. The van der Waals surface area contributed by atoms with Crippen LogP contribution in [0.2, 0.25) is 0 Å². The fraction of sp³-hybridized carbons (Fsp3) is 0.440. The molecule has 1 fully saturated rings. The molecule has 1 aliphatic carbocycles. The Morgan fingerprint density at radius 1 is 0.906 bits per heavy atom. The third kappa shape index (κ3) is 6.44. The minimum Gasteiger partial charge on any atom is -0.493 e. The average Bonchev–Trinajstić information content (AvgIpc) is 2.72. The van der Waals surface area contributed by atoms with Crippen LogP contribution in [0.4, 0.5) is 26.3 Å². The zero-order chi connectivity index (χ0) is 23.3. The van der Waals surface area contributed by atoms with Gasteiger partial charge in [0.25, 0.3) is 0 Å². The van der Waals surface area contributed by atoms with E-state index < -0.39 is 29.2 Å². The van der Waals surface area contributed by atoms with E-state index in [1.54, 1.807) is 0 Å². The first-order chi connectivity index (χ1) is 15.2. The molecule has 0 aliphatic heterocycles. The van der Waals surface area contributed by atoms with Gasteiger partial charge in [0.15, 0.2) is 0 Å². The lowest BCUT2D eigenvalue weighted by molar-refractivity contribution is -0.0696. The molecule has 7 heteroatoms. The quantitative estimate of drug-likeness (QED) is 0.321. The van der Waals surface area contributed by atoms with Crippen LogP contribution in [0.3, 0.4) is 0 Å². The first kappa shape index (κ1) is 24.0. The molecule has 0 amide bonds. The normalized spacial score (nSPS) is 18.7. The van der Waals surface area contributed by atoms with Crippen molar-refractivity contribution in [3.05, 3.63) is 53.3 Å². The summed E-state index contributed by atoms with van der Waals surface area (Å²) in [6, 6.07) is 5.51. The van der Waals surface area contributed by atoms with Gasteiger partial charge in [-0.2, -0.15) is 13.2 Å². The zero-order valence-electron chi connectivity index (χ0n) is 17.7. The summed E-state index contributed by atoms with van der Waals surface area (Å²) in [5.41, 5.74) is -1.25. The molecule has 3 rings (SSSR count). The van der Waals surface area contributed by atoms with Gasteiger partial charge in [-0.05, 0) is 54.5 Å². The minimum absolute atomic E-state index is 0.0921. The summed E-state index contributed by atoms with van der Waals surface area (Å²) in [4.78, 5) is 0. The highest BCUT2D eigenvalue weighted by atomic mass is 19.4. The van der Waals surface area contributed by atoms with Gasteiger partial charge < -0.3 is 4.74 Å². The molecule has 1 nitrogen and oxygen atoms in total. The summed E-state index contributed by atoms with van der Waals surface area (Å²) in [5.74, 6) is 0.438. The molecular weight excluding hydrogens is 430 g/mol. The molecule has 0 N–H and O–H groups in total. The molecule has 0 radical (unpaired) electrons. The van der Waals surface area contributed by atoms with Gasteiger partial charge in [0.05, 0.1) is 12.2 Å². The summed E-state index contributed by atoms with van der Waals surface area (Å²) in [7, 11) is 0. The van der Waals surface area contributed by atoms with E-state index in [-0.39, 0.29) is 11.1 Å². The Labute approximate surface area is 183 Å². The Kier molecular flexibility index (Phi) is 7.76. The van der Waals surface area contributed by atoms with Crippen molar-refractivity contribution in [2.75, 3.05) is 6.61 Å². The largest absolute Gasteiger partial charge is 0.493 e. The van der Waals surface area contributed by atoms with Gasteiger partial charge in [-0.25, -0.2) is 13.2 Å². The van der Waals surface area contributed by atoms with E-state index in [4.69, 9.17) is 4.74 Å². The molecule has 0 heterocycles. The number of benzene rings is 2. The molecule has 1 aliphatic rings. The first-order valence-corrected chi connectivity index (χ1v) is 10.7. The van der Waals surface area contributed by atoms with Gasteiger partial charge in [-0.15, -0.1) is 0 Å². The molecule has 172 valence electrons. The Balaban J connectivity index is 1.68. The minimum atomic E-state index is -4.88. The van der Waals surface area contributed by atoms with Crippen molar-refractivity contribution in [3.63, 3.8) is 0 Å². The van der Waals surface area contributed by atoms with Crippen LogP contribution in [0.25, 0.3) is 11.1 Å². The lowest BCUT2D eigenvalue weighted by Crippen LogP contribution is -2.20. The molecule has 32 heavy (non-hydrogen) atoms. The van der Waals surface area contributed by atoms with E-state index in [2.05, 4.69) is 6.92 Å². The van der Waals surface area contributed by atoms with Gasteiger partial charge in [-0.3, -0.25) is 0 Å². The Hall–Kier alpha value is -2.62. The smallest absolute Gasteiger partial charge is 0.458 e. The van der Waals surface area contributed by atoms with Gasteiger partial charge in [-0.1, -0.05) is 38.5 Å². The van der Waals surface area contributed by atoms with Crippen molar-refractivity contribution in [1.82, 2.24) is 0 Å². The number of hydrogen-bond acceptors (Lipinski definition) is 1. The highest BCUT2D eigenvalue weighted by Crippen LogP contribution is 2.33. The third-order valence-electron chi connectivity index (χ3n) is 5.77. The summed E-state index contributed by atoms with van der Waals surface area (Å²) in [5, 5.41) is 0. The Bertz CT molecular complexity index is 971. The van der Waals surface area contributed by atoms with Crippen LogP contribution in [0, 0.1) is 41.1 Å². The molecule has 0 saturated heterocycles. The van der Waals surface area contributed by atoms with Crippen molar-refractivity contribution >= 4 is 0 Å². The van der Waals surface area contributed by atoms with Crippen LogP contribution in [-0.4, -0.2) is 12.8 Å². The summed E-state index contributed by atoms with van der Waals surface area (Å²) in [6.45, 7) is 2.67. The lowest BCUT2D eigenvalue weighted by atomic mass is 9.80. The van der Waals surface area contributed by atoms with Crippen LogP contribution in [0.1, 0.15) is 51.0 Å². The standard InChI is InChI=1S/C25H24F6O/c1-2-3-16-4-6-17(7-5-16)15-32-19-8-9-20(24(28)14-19)18-12-22(26)21(23(27)13-18)10-11-25(29,30)31/h8-9,12-14,16-17H,2-7,15H2,1H3. The molecule has 1 saturated carbocycles. The zero-order valence-corrected chi connectivity index (χ0v) is 17.7. The topological polar surface area (TPSA) is 9.23 Å². The van der Waals surface area contributed by atoms with Crippen molar-refractivity contribution in [3.8, 4) is 28.7 Å². The van der Waals surface area contributed by atoms with Crippen molar-refractivity contribution in [2.45, 2.75) is 51.6 Å². The Morgan fingerprint density at radius 3 is 2.09 bits per heavy atom. The van der Waals surface area contributed by atoms with Gasteiger partial charge in [0.1, 0.15) is 23.2 Å². The molecule has 0 atom stereocenters. The van der Waals surface area contributed by atoms with Crippen LogP contribution >= 0.6 is 0 Å². The fourth-order valence-electron chi connectivity index (χ4n) is 4.11. The maximum atomic E-state index is 14.6. The number of alkyl halides is 3. The van der Waals surface area contributed by atoms with E-state index in [9.17, 15) is 26.3 Å². The molecule has 0 unspecified atom stereocenters. The highest BCUT2D eigenvalue weighted by molar-refractivity contribution is 5.66. The van der Waals surface area contributed by atoms with E-state index in [1.165, 1.54) is 43.7 Å². The molecule has 2 aromatic carbocycles. The maximum absolute atomic E-state index is 14.6. The molecular formula is C25H24F6O. The summed E-state index contributed by atoms with van der Waals surface area (Å²) in [6.07, 6.45) is 2.06. The van der Waals surface area contributed by atoms with E-state index in [0.29, 0.717) is 18.3 Å². The monoisotopic (exact) mass is 454 g/mol. The predicted molar refractivity (Wildman–Crippen MR) is 111 cm³/mol. The molecule has 2 aromatic rings. The first-order valence-electron chi connectivity index (χ1n) is 10.7.